The first kappa shape index (κ1) is 11.9. The van der Waals surface area contributed by atoms with E-state index in [2.05, 4.69) is 49.8 Å². The van der Waals surface area contributed by atoms with Crippen molar-refractivity contribution in [3.63, 3.8) is 0 Å². The number of halogens is 1. The standard InChI is InChI=1S/C13H15BrN4/c14-12-3-1-2-11-10(12)4-5-13(11)15-6-8-18-9-7-16-17-18/h1-3,7,9,13,15H,4-6,8H2. The first-order chi connectivity index (χ1) is 8.84. The molecule has 1 N–H and O–H groups in total. The number of fused-ring (bicyclic) bond motifs is 1. The Morgan fingerprint density at radius 2 is 2.39 bits per heavy atom. The molecule has 0 amide bonds. The van der Waals surface area contributed by atoms with Gasteiger partial charge in [0.05, 0.1) is 12.7 Å². The molecule has 1 atom stereocenters. The predicted molar refractivity (Wildman–Crippen MR) is 73.2 cm³/mol. The van der Waals surface area contributed by atoms with Crippen LogP contribution in [0.1, 0.15) is 23.6 Å². The Bertz CT molecular complexity index is 524. The van der Waals surface area contributed by atoms with Gasteiger partial charge in [-0.3, -0.25) is 4.68 Å². The molecule has 2 aromatic rings. The van der Waals surface area contributed by atoms with Gasteiger partial charge in [0.15, 0.2) is 0 Å². The van der Waals surface area contributed by atoms with Gasteiger partial charge in [-0.2, -0.15) is 0 Å². The second-order valence-electron chi connectivity index (χ2n) is 4.52. The van der Waals surface area contributed by atoms with Crippen molar-refractivity contribution in [3.8, 4) is 0 Å². The molecule has 0 bridgehead atoms. The molecule has 0 aliphatic heterocycles. The molecule has 0 radical (unpaired) electrons. The molecule has 0 saturated heterocycles. The lowest BCUT2D eigenvalue weighted by molar-refractivity contribution is 0.478. The molecule has 0 spiro atoms. The summed E-state index contributed by atoms with van der Waals surface area (Å²) in [6.45, 7) is 1.78. The van der Waals surface area contributed by atoms with E-state index in [1.807, 2.05) is 10.9 Å². The third-order valence-corrected chi connectivity index (χ3v) is 4.16. The second kappa shape index (κ2) is 5.20. The van der Waals surface area contributed by atoms with Crippen molar-refractivity contribution < 1.29 is 0 Å². The van der Waals surface area contributed by atoms with E-state index in [0.29, 0.717) is 6.04 Å². The zero-order valence-electron chi connectivity index (χ0n) is 10.0. The third kappa shape index (κ3) is 2.33. The molecule has 3 rings (SSSR count). The molecule has 1 aliphatic carbocycles. The summed E-state index contributed by atoms with van der Waals surface area (Å²) in [7, 11) is 0. The number of aromatic nitrogens is 3. The van der Waals surface area contributed by atoms with Crippen LogP contribution in [0.15, 0.2) is 35.1 Å². The largest absolute Gasteiger partial charge is 0.308 e. The van der Waals surface area contributed by atoms with Gasteiger partial charge in [-0.1, -0.05) is 33.3 Å². The van der Waals surface area contributed by atoms with Crippen molar-refractivity contribution in [2.75, 3.05) is 6.54 Å². The average Bonchev–Trinajstić information content (AvgIpc) is 3.00. The molecule has 1 aliphatic rings. The molecule has 1 unspecified atom stereocenters. The first-order valence-corrected chi connectivity index (χ1v) is 6.98. The van der Waals surface area contributed by atoms with Crippen LogP contribution in [-0.2, 0) is 13.0 Å². The van der Waals surface area contributed by atoms with Crippen LogP contribution in [0.25, 0.3) is 0 Å². The van der Waals surface area contributed by atoms with Gasteiger partial charge in [0.2, 0.25) is 0 Å². The number of hydrogen-bond donors (Lipinski definition) is 1. The summed E-state index contributed by atoms with van der Waals surface area (Å²) in [6.07, 6.45) is 5.93. The maximum absolute atomic E-state index is 3.96. The molecule has 94 valence electrons. The molecule has 0 saturated carbocycles. The Balaban J connectivity index is 1.61. The van der Waals surface area contributed by atoms with Crippen molar-refractivity contribution in [2.24, 2.45) is 0 Å². The van der Waals surface area contributed by atoms with Crippen LogP contribution in [-0.4, -0.2) is 21.5 Å². The van der Waals surface area contributed by atoms with Crippen molar-refractivity contribution in [3.05, 3.63) is 46.2 Å². The lowest BCUT2D eigenvalue weighted by atomic mass is 10.1. The maximum atomic E-state index is 3.96. The average molecular weight is 307 g/mol. The summed E-state index contributed by atoms with van der Waals surface area (Å²) < 4.78 is 3.09. The minimum Gasteiger partial charge on any atom is -0.308 e. The monoisotopic (exact) mass is 306 g/mol. The summed E-state index contributed by atoms with van der Waals surface area (Å²) in [5.41, 5.74) is 2.89. The fourth-order valence-corrected chi connectivity index (χ4v) is 3.11. The summed E-state index contributed by atoms with van der Waals surface area (Å²) in [5.74, 6) is 0. The minimum absolute atomic E-state index is 0.473. The van der Waals surface area contributed by atoms with E-state index in [1.165, 1.54) is 22.0 Å². The van der Waals surface area contributed by atoms with Crippen molar-refractivity contribution in [2.45, 2.75) is 25.4 Å². The molecule has 4 nitrogen and oxygen atoms in total. The lowest BCUT2D eigenvalue weighted by Crippen LogP contribution is -2.24. The highest BCUT2D eigenvalue weighted by atomic mass is 79.9. The Kier molecular flexibility index (Phi) is 3.43. The van der Waals surface area contributed by atoms with Crippen LogP contribution < -0.4 is 5.32 Å². The summed E-state index contributed by atoms with van der Waals surface area (Å²) in [5, 5.41) is 11.4. The van der Waals surface area contributed by atoms with Gasteiger partial charge in [-0.15, -0.1) is 5.10 Å². The van der Waals surface area contributed by atoms with Gasteiger partial charge in [0, 0.05) is 23.3 Å². The van der Waals surface area contributed by atoms with E-state index >= 15 is 0 Å². The maximum Gasteiger partial charge on any atom is 0.0692 e. The van der Waals surface area contributed by atoms with Gasteiger partial charge >= 0.3 is 0 Å². The minimum atomic E-state index is 0.473. The molecule has 0 fully saturated rings. The Labute approximate surface area is 115 Å². The molecule has 5 heteroatoms. The van der Waals surface area contributed by atoms with Crippen LogP contribution in [0.5, 0.6) is 0 Å². The highest BCUT2D eigenvalue weighted by molar-refractivity contribution is 9.10. The fraction of sp³-hybridized carbons (Fsp3) is 0.385. The van der Waals surface area contributed by atoms with E-state index in [-0.39, 0.29) is 0 Å². The predicted octanol–water partition coefficient (Wildman–Crippen LogP) is 2.32. The van der Waals surface area contributed by atoms with Crippen LogP contribution in [0, 0.1) is 0 Å². The first-order valence-electron chi connectivity index (χ1n) is 6.19. The normalized spacial score (nSPS) is 17.9. The summed E-state index contributed by atoms with van der Waals surface area (Å²) >= 11 is 3.62. The van der Waals surface area contributed by atoms with Gasteiger partial charge in [0.1, 0.15) is 0 Å². The van der Waals surface area contributed by atoms with E-state index < -0.39 is 0 Å². The van der Waals surface area contributed by atoms with Crippen molar-refractivity contribution >= 4 is 15.9 Å². The molecule has 1 heterocycles. The third-order valence-electron chi connectivity index (χ3n) is 3.42. The Morgan fingerprint density at radius 1 is 1.44 bits per heavy atom. The SMILES string of the molecule is Brc1cccc2c1CCC2NCCn1ccnn1. The molecule has 18 heavy (non-hydrogen) atoms. The summed E-state index contributed by atoms with van der Waals surface area (Å²) in [6, 6.07) is 6.93. The smallest absolute Gasteiger partial charge is 0.0692 e. The molecular formula is C13H15BrN4. The second-order valence-corrected chi connectivity index (χ2v) is 5.37. The van der Waals surface area contributed by atoms with Crippen LogP contribution in [0.3, 0.4) is 0 Å². The van der Waals surface area contributed by atoms with E-state index in [0.717, 1.165) is 19.5 Å². The van der Waals surface area contributed by atoms with Gasteiger partial charge in [-0.25, -0.2) is 0 Å². The topological polar surface area (TPSA) is 42.7 Å². The number of nitrogens with one attached hydrogen (secondary N) is 1. The van der Waals surface area contributed by atoms with E-state index in [1.54, 1.807) is 6.20 Å². The number of rotatable bonds is 4. The van der Waals surface area contributed by atoms with Crippen molar-refractivity contribution in [1.29, 1.82) is 0 Å². The van der Waals surface area contributed by atoms with Gasteiger partial charge in [0.25, 0.3) is 0 Å². The highest BCUT2D eigenvalue weighted by Gasteiger charge is 2.23. The number of hydrogen-bond acceptors (Lipinski definition) is 3. The fourth-order valence-electron chi connectivity index (χ4n) is 2.53. The Hall–Kier alpha value is -1.20. The Morgan fingerprint density at radius 3 is 3.22 bits per heavy atom. The lowest BCUT2D eigenvalue weighted by Gasteiger charge is -2.14. The van der Waals surface area contributed by atoms with Gasteiger partial charge < -0.3 is 5.32 Å². The quantitative estimate of drug-likeness (QED) is 0.942. The van der Waals surface area contributed by atoms with E-state index in [4.69, 9.17) is 0 Å². The van der Waals surface area contributed by atoms with Crippen molar-refractivity contribution in [1.82, 2.24) is 20.3 Å². The number of nitrogens with zero attached hydrogens (tertiary/aromatic N) is 3. The van der Waals surface area contributed by atoms with Crippen LogP contribution in [0.4, 0.5) is 0 Å². The summed E-state index contributed by atoms with van der Waals surface area (Å²) in [4.78, 5) is 0. The van der Waals surface area contributed by atoms with Crippen LogP contribution >= 0.6 is 15.9 Å². The zero-order chi connectivity index (χ0) is 12.4. The molecule has 1 aromatic carbocycles. The van der Waals surface area contributed by atoms with E-state index in [9.17, 15) is 0 Å². The molecule has 1 aromatic heterocycles. The van der Waals surface area contributed by atoms with Gasteiger partial charge in [-0.05, 0) is 30.0 Å². The zero-order valence-corrected chi connectivity index (χ0v) is 11.6. The molecular weight excluding hydrogens is 292 g/mol. The van der Waals surface area contributed by atoms with Crippen LogP contribution in [0.2, 0.25) is 0 Å². The highest BCUT2D eigenvalue weighted by Crippen LogP contribution is 2.35. The number of benzene rings is 1.